The number of anilines is 1. The highest BCUT2D eigenvalue weighted by Gasteiger charge is 2.28. The van der Waals surface area contributed by atoms with Crippen LogP contribution in [0.3, 0.4) is 0 Å². The summed E-state index contributed by atoms with van der Waals surface area (Å²) in [6, 6.07) is 14.1. The number of para-hydroxylation sites is 1. The number of nitrogens with zero attached hydrogens (tertiary/aromatic N) is 1. The smallest absolute Gasteiger partial charge is 0.262 e. The summed E-state index contributed by atoms with van der Waals surface area (Å²) in [5.41, 5.74) is 1.62. The Hall–Kier alpha value is -2.38. The Labute approximate surface area is 192 Å². The molecule has 1 saturated carbocycles. The lowest BCUT2D eigenvalue weighted by Crippen LogP contribution is -2.38. The Morgan fingerprint density at radius 3 is 2.41 bits per heavy atom. The normalized spacial score (nSPS) is 16.0. The van der Waals surface area contributed by atoms with Crippen LogP contribution in [0, 0.1) is 0 Å². The first kappa shape index (κ1) is 24.3. The molecule has 7 heteroatoms. The van der Waals surface area contributed by atoms with Gasteiger partial charge in [0, 0.05) is 18.8 Å². The van der Waals surface area contributed by atoms with E-state index in [1.807, 2.05) is 24.3 Å². The summed E-state index contributed by atoms with van der Waals surface area (Å²) in [6.07, 6.45) is 6.11. The third-order valence-electron chi connectivity index (χ3n) is 6.33. The van der Waals surface area contributed by atoms with Crippen molar-refractivity contribution >= 4 is 21.6 Å². The molecule has 0 saturated heterocycles. The van der Waals surface area contributed by atoms with Gasteiger partial charge >= 0.3 is 0 Å². The van der Waals surface area contributed by atoms with Crippen molar-refractivity contribution in [1.82, 2.24) is 4.31 Å². The fourth-order valence-electron chi connectivity index (χ4n) is 4.10. The molecule has 0 aromatic heterocycles. The van der Waals surface area contributed by atoms with Crippen molar-refractivity contribution in [2.75, 3.05) is 19.0 Å². The van der Waals surface area contributed by atoms with E-state index in [9.17, 15) is 13.2 Å². The average Bonchev–Trinajstić information content (AvgIpc) is 2.82. The van der Waals surface area contributed by atoms with E-state index in [0.717, 1.165) is 37.7 Å². The highest BCUT2D eigenvalue weighted by atomic mass is 32.2. The second-order valence-corrected chi connectivity index (χ2v) is 10.5. The third-order valence-corrected chi connectivity index (χ3v) is 8.25. The molecule has 3 rings (SSSR count). The lowest BCUT2D eigenvalue weighted by atomic mass is 9.96. The average molecular weight is 459 g/mol. The van der Waals surface area contributed by atoms with Crippen LogP contribution in [0.4, 0.5) is 5.69 Å². The lowest BCUT2D eigenvalue weighted by molar-refractivity contribution is -0.118. The molecule has 32 heavy (non-hydrogen) atoms. The van der Waals surface area contributed by atoms with Crippen LogP contribution in [-0.4, -0.2) is 38.3 Å². The Morgan fingerprint density at radius 2 is 1.75 bits per heavy atom. The van der Waals surface area contributed by atoms with Crippen molar-refractivity contribution in [3.8, 4) is 5.75 Å². The fraction of sp³-hybridized carbons (Fsp3) is 0.480. The zero-order valence-corrected chi connectivity index (χ0v) is 20.0. The van der Waals surface area contributed by atoms with Gasteiger partial charge in [-0.3, -0.25) is 4.79 Å². The summed E-state index contributed by atoms with van der Waals surface area (Å²) in [7, 11) is -1.89. The number of benzene rings is 2. The van der Waals surface area contributed by atoms with Crippen molar-refractivity contribution in [2.45, 2.75) is 69.2 Å². The minimum atomic E-state index is -3.55. The van der Waals surface area contributed by atoms with Gasteiger partial charge in [-0.15, -0.1) is 0 Å². The quantitative estimate of drug-likeness (QED) is 0.562. The molecule has 1 fully saturated rings. The summed E-state index contributed by atoms with van der Waals surface area (Å²) < 4.78 is 33.2. The van der Waals surface area contributed by atoms with Gasteiger partial charge in [0.25, 0.3) is 5.91 Å². The van der Waals surface area contributed by atoms with Gasteiger partial charge < -0.3 is 10.1 Å². The van der Waals surface area contributed by atoms with E-state index in [2.05, 4.69) is 19.2 Å². The van der Waals surface area contributed by atoms with Gasteiger partial charge in [0.15, 0.2) is 6.61 Å². The van der Waals surface area contributed by atoms with E-state index in [1.54, 1.807) is 31.3 Å². The van der Waals surface area contributed by atoms with Gasteiger partial charge in [-0.1, -0.05) is 51.3 Å². The molecule has 1 aliphatic carbocycles. The van der Waals surface area contributed by atoms with Crippen LogP contribution >= 0.6 is 0 Å². The topological polar surface area (TPSA) is 75.7 Å². The first-order valence-electron chi connectivity index (χ1n) is 11.4. The molecule has 0 radical (unpaired) electrons. The van der Waals surface area contributed by atoms with E-state index >= 15 is 0 Å². The zero-order valence-electron chi connectivity index (χ0n) is 19.2. The first-order valence-corrected chi connectivity index (χ1v) is 12.9. The van der Waals surface area contributed by atoms with E-state index < -0.39 is 10.0 Å². The Morgan fingerprint density at radius 1 is 1.09 bits per heavy atom. The number of rotatable bonds is 9. The Balaban J connectivity index is 1.59. The zero-order chi connectivity index (χ0) is 23.1. The molecule has 0 aliphatic heterocycles. The molecule has 0 unspecified atom stereocenters. The van der Waals surface area contributed by atoms with E-state index in [-0.39, 0.29) is 23.5 Å². The number of ether oxygens (including phenoxy) is 1. The van der Waals surface area contributed by atoms with Crippen molar-refractivity contribution in [2.24, 2.45) is 0 Å². The number of hydrogen-bond donors (Lipinski definition) is 1. The SMILES string of the molecule is CC[C@@H](C)c1ccccc1OCC(=O)Nc1ccc(S(=O)(=O)N(C)C2CCCCC2)cc1. The number of sulfonamides is 1. The van der Waals surface area contributed by atoms with Crippen LogP contribution in [0.1, 0.15) is 63.9 Å². The van der Waals surface area contributed by atoms with E-state index in [4.69, 9.17) is 4.74 Å². The standard InChI is InChI=1S/C25H34N2O4S/c1-4-19(2)23-12-8-9-13-24(23)31-18-25(28)26-20-14-16-22(17-15-20)32(29,30)27(3)21-10-6-5-7-11-21/h8-9,12-17,19,21H,4-7,10-11,18H2,1-3H3,(H,26,28)/t19-/m1/s1. The Kier molecular flexibility index (Phi) is 8.32. The van der Waals surface area contributed by atoms with Crippen LogP contribution in [0.15, 0.2) is 53.4 Å². The highest BCUT2D eigenvalue weighted by Crippen LogP contribution is 2.29. The highest BCUT2D eigenvalue weighted by molar-refractivity contribution is 7.89. The molecular formula is C25H34N2O4S. The largest absolute Gasteiger partial charge is 0.483 e. The predicted octanol–water partition coefficient (Wildman–Crippen LogP) is 5.17. The number of carbonyl (C=O) groups is 1. The molecule has 174 valence electrons. The summed E-state index contributed by atoms with van der Waals surface area (Å²) in [6.45, 7) is 4.13. The molecule has 0 heterocycles. The number of nitrogens with one attached hydrogen (secondary N) is 1. The maximum absolute atomic E-state index is 13.0. The molecule has 0 spiro atoms. The first-order chi connectivity index (χ1) is 15.3. The van der Waals surface area contributed by atoms with Gasteiger partial charge in [0.2, 0.25) is 10.0 Å². The third kappa shape index (κ3) is 5.90. The van der Waals surface area contributed by atoms with Gasteiger partial charge in [-0.05, 0) is 61.1 Å². The van der Waals surface area contributed by atoms with Gasteiger partial charge in [0.1, 0.15) is 5.75 Å². The van der Waals surface area contributed by atoms with Crippen LogP contribution in [0.2, 0.25) is 0 Å². The monoisotopic (exact) mass is 458 g/mol. The molecular weight excluding hydrogens is 424 g/mol. The van der Waals surface area contributed by atoms with Crippen LogP contribution in [-0.2, 0) is 14.8 Å². The number of amides is 1. The minimum absolute atomic E-state index is 0.0589. The van der Waals surface area contributed by atoms with Gasteiger partial charge in [0.05, 0.1) is 4.90 Å². The van der Waals surface area contributed by atoms with E-state index in [0.29, 0.717) is 17.4 Å². The molecule has 2 aromatic carbocycles. The van der Waals surface area contributed by atoms with E-state index in [1.165, 1.54) is 10.7 Å². The summed E-state index contributed by atoms with van der Waals surface area (Å²) in [5.74, 6) is 0.763. The van der Waals surface area contributed by atoms with Gasteiger partial charge in [-0.25, -0.2) is 8.42 Å². The van der Waals surface area contributed by atoms with Gasteiger partial charge in [-0.2, -0.15) is 4.31 Å². The summed E-state index contributed by atoms with van der Waals surface area (Å²) in [5, 5.41) is 2.77. The molecule has 2 aromatic rings. The molecule has 6 nitrogen and oxygen atoms in total. The maximum Gasteiger partial charge on any atom is 0.262 e. The minimum Gasteiger partial charge on any atom is -0.483 e. The molecule has 0 bridgehead atoms. The van der Waals surface area contributed by atoms with Crippen molar-refractivity contribution in [3.63, 3.8) is 0 Å². The lowest BCUT2D eigenvalue weighted by Gasteiger charge is -2.30. The molecule has 1 N–H and O–H groups in total. The van der Waals surface area contributed by atoms with Crippen LogP contribution < -0.4 is 10.1 Å². The second-order valence-electron chi connectivity index (χ2n) is 8.52. The summed E-state index contributed by atoms with van der Waals surface area (Å²) >= 11 is 0. The van der Waals surface area contributed by atoms with Crippen molar-refractivity contribution in [3.05, 3.63) is 54.1 Å². The number of carbonyl (C=O) groups excluding carboxylic acids is 1. The molecule has 1 amide bonds. The second kappa shape index (κ2) is 11.0. The summed E-state index contributed by atoms with van der Waals surface area (Å²) in [4.78, 5) is 12.6. The molecule has 1 aliphatic rings. The van der Waals surface area contributed by atoms with Crippen molar-refractivity contribution < 1.29 is 17.9 Å². The molecule has 1 atom stereocenters. The fourth-order valence-corrected chi connectivity index (χ4v) is 5.51. The maximum atomic E-state index is 13.0. The Bertz CT molecular complexity index is 999. The van der Waals surface area contributed by atoms with Crippen molar-refractivity contribution in [1.29, 1.82) is 0 Å². The number of hydrogen-bond acceptors (Lipinski definition) is 4. The predicted molar refractivity (Wildman–Crippen MR) is 128 cm³/mol. The van der Waals surface area contributed by atoms with Crippen LogP contribution in [0.25, 0.3) is 0 Å². The van der Waals surface area contributed by atoms with Crippen LogP contribution in [0.5, 0.6) is 5.75 Å².